The fourth-order valence-electron chi connectivity index (χ4n) is 4.94. The number of nitrogens with one attached hydrogen (secondary N) is 1. The normalized spacial score (nSPS) is 9.27. The van der Waals surface area contributed by atoms with Crippen molar-refractivity contribution in [2.45, 2.75) is 33.7 Å². The average molecular weight is 1170 g/mol. The zero-order chi connectivity index (χ0) is 53.9. The molecule has 30 heteroatoms. The number of ether oxygens (including phenoxy) is 8. The zero-order valence-corrected chi connectivity index (χ0v) is 58.5. The van der Waals surface area contributed by atoms with E-state index in [0.29, 0.717) is 41.0 Å². The molecule has 4 rings (SSSR count). The van der Waals surface area contributed by atoms with Gasteiger partial charge >= 0.3 is 213 Å². The van der Waals surface area contributed by atoms with Crippen LogP contribution in [0.15, 0.2) is 87.0 Å². The first-order valence-corrected chi connectivity index (χ1v) is 54.1. The molecule has 73 heavy (non-hydrogen) atoms. The number of nitrogens with zero attached hydrogens (tertiary/aromatic N) is 7. The molecule has 0 aliphatic rings. The molecule has 0 radical (unpaired) electrons. The van der Waals surface area contributed by atoms with E-state index in [9.17, 15) is 29.8 Å². The van der Waals surface area contributed by atoms with E-state index >= 15 is 0 Å². The van der Waals surface area contributed by atoms with Crippen molar-refractivity contribution in [3.05, 3.63) is 118 Å². The predicted octanol–water partition coefficient (Wildman–Crippen LogP) is 3.60. The van der Waals surface area contributed by atoms with Crippen LogP contribution in [-0.4, -0.2) is 222 Å². The molecule has 2 aromatic carbocycles. The second-order valence-electron chi connectivity index (χ2n) is 12.3. The van der Waals surface area contributed by atoms with E-state index < -0.39 is 50.9 Å². The third kappa shape index (κ3) is 29.0. The Morgan fingerprint density at radius 3 is 1.56 bits per heavy atom. The summed E-state index contributed by atoms with van der Waals surface area (Å²) in [7, 11) is 3.09. The number of carbonyl (C=O) groups excluding carboxylic acids is 2. The van der Waals surface area contributed by atoms with Crippen molar-refractivity contribution in [2.24, 2.45) is 0 Å². The van der Waals surface area contributed by atoms with Gasteiger partial charge in [-0.2, -0.15) is 19.9 Å². The van der Waals surface area contributed by atoms with Crippen LogP contribution in [0.25, 0.3) is 0 Å². The number of methoxy groups -OCH3 is 2. The Hall–Kier alpha value is -0.228. The molecule has 0 fully saturated rings. The molecule has 0 unspecified atom stereocenters. The van der Waals surface area contributed by atoms with Crippen molar-refractivity contribution in [3.63, 3.8) is 0 Å². The van der Waals surface area contributed by atoms with E-state index in [2.05, 4.69) is 56.3 Å². The number of aromatic nitrogens is 4. The Kier molecular flexibility index (Phi) is 49.2. The fraction of sp³-hybridized carbons (Fsp3) is 0.302. The average Bonchev–Trinajstić information content (AvgIpc) is 3.36. The Labute approximate surface area is 564 Å². The molecule has 0 spiro atoms. The number of nitrogens with two attached hydrogens (primary N) is 2. The van der Waals surface area contributed by atoms with Gasteiger partial charge in [0.05, 0.1) is 43.8 Å². The summed E-state index contributed by atoms with van der Waals surface area (Å²) >= 11 is 10.7. The summed E-state index contributed by atoms with van der Waals surface area (Å²) in [6.45, 7) is 18.1. The van der Waals surface area contributed by atoms with Crippen LogP contribution in [-0.2, 0) is 21.9 Å². The van der Waals surface area contributed by atoms with Crippen molar-refractivity contribution < 1.29 is 110 Å². The van der Waals surface area contributed by atoms with E-state index in [4.69, 9.17) is 56.2 Å². The first-order chi connectivity index (χ1) is 34.2. The number of amides is 2. The van der Waals surface area contributed by atoms with Crippen LogP contribution in [0, 0.1) is 20.2 Å². The van der Waals surface area contributed by atoms with Gasteiger partial charge in [-0.15, -0.1) is 11.6 Å². The van der Waals surface area contributed by atoms with Gasteiger partial charge in [-0.05, 0) is 49.2 Å². The number of halogens is 1. The molecular weight excluding hydrogens is 1110 g/mol. The van der Waals surface area contributed by atoms with Crippen molar-refractivity contribution in [1.29, 1.82) is 0 Å². The number of benzene rings is 2. The second-order valence-corrected chi connectivity index (χ2v) is 12.6. The summed E-state index contributed by atoms with van der Waals surface area (Å²) in [5.74, 6) is 1.04. The van der Waals surface area contributed by atoms with Crippen LogP contribution in [0.5, 0.6) is 35.0 Å². The van der Waals surface area contributed by atoms with E-state index in [1.807, 2.05) is 18.2 Å². The molecule has 2 amide bonds. The van der Waals surface area contributed by atoms with Crippen LogP contribution < -0.4 is 101 Å². The number of carbonyl (C=O) groups is 2. The van der Waals surface area contributed by atoms with Gasteiger partial charge in [0.2, 0.25) is 23.3 Å². The summed E-state index contributed by atoms with van der Waals surface area (Å²) in [5, 5.41) is 24.7. The molecule has 0 bridgehead atoms. The van der Waals surface area contributed by atoms with Crippen molar-refractivity contribution >= 4 is 185 Å². The number of hydrogen-bond donors (Lipinski definition) is 3. The van der Waals surface area contributed by atoms with Crippen LogP contribution in [0.3, 0.4) is 0 Å². The quantitative estimate of drug-likeness (QED) is 0.0314. The first-order valence-electron chi connectivity index (χ1n) is 21.5. The Morgan fingerprint density at radius 1 is 0.712 bits per heavy atom. The molecule has 374 valence electrons. The first kappa shape index (κ1) is 77.0. The molecule has 0 atom stereocenters. The van der Waals surface area contributed by atoms with Gasteiger partial charge in [0.1, 0.15) is 26.4 Å². The third-order valence-electron chi connectivity index (χ3n) is 7.69. The van der Waals surface area contributed by atoms with Gasteiger partial charge in [0, 0.05) is 5.88 Å². The maximum atomic E-state index is 12.8. The van der Waals surface area contributed by atoms with E-state index in [1.54, 1.807) is 51.3 Å². The number of anilines is 4. The van der Waals surface area contributed by atoms with Crippen LogP contribution in [0.2, 0.25) is 0 Å². The van der Waals surface area contributed by atoms with E-state index in [1.165, 1.54) is 146 Å². The fourth-order valence-corrected chi connectivity index (χ4v) is 5.10. The minimum absolute atomic E-state index is 0. The van der Waals surface area contributed by atoms with Gasteiger partial charge in [-0.1, -0.05) is 70.2 Å². The summed E-state index contributed by atoms with van der Waals surface area (Å²) < 4.78 is 41.4. The van der Waals surface area contributed by atoms with E-state index in [0.717, 1.165) is 10.5 Å². The molecule has 5 N–H and O–H groups in total. The summed E-state index contributed by atoms with van der Waals surface area (Å²) in [4.78, 5) is 61.3. The molecule has 0 saturated carbocycles. The van der Waals surface area contributed by atoms with Gasteiger partial charge in [-0.25, -0.2) is 9.59 Å². The summed E-state index contributed by atoms with van der Waals surface area (Å²) in [6.07, 6.45) is 4.34. The zero-order valence-electron chi connectivity index (χ0n) is 43.1. The molecule has 0 saturated heterocycles. The number of hydrogen-bond acceptors (Lipinski definition) is 20. The second kappa shape index (κ2) is 46.7. The van der Waals surface area contributed by atoms with Crippen LogP contribution in [0.1, 0.15) is 33.8 Å². The van der Waals surface area contributed by atoms with Crippen molar-refractivity contribution in [2.75, 3.05) is 75.5 Å². The molecule has 0 aliphatic carbocycles. The Bertz CT molecular complexity index is 2390. The molecule has 2 heterocycles. The Balaban J connectivity index is -0.000000511. The molecule has 4 aromatic rings. The van der Waals surface area contributed by atoms with Gasteiger partial charge in [0.25, 0.3) is 0 Å². The minimum atomic E-state index is -0.900. The number of alkyl halides is 1. The standard InChI is InChI=1S/C21H25N5O7.C11H13ClO2.C10H13N5O5.CH4.5K.H/c1-5-10-32-16-12-14(8-9-15(16)30-4)13-25(21(27)31-7-3)19-17(26(28)29)18(22)23-20(24-19)33-11-6-2;1-3-6-14-11-7-9(8-12)4-5-10(11)13-2;1-3-5-20-9-12-7(11)6(15(17)18)8(13-9)14-10(16)19-4-2;;;;;;;/h5-6,8-9,12H,1-2,7,10-11,13H2,3-4H3,(H2,22,23,24);3-5,7H,1,6,8H2,2H3;3H,1,4-5H2,2H3,(H3,11,12,13,14,16);1H4;;;;;;/q;;;;;;;;+1;-1. The van der Waals surface area contributed by atoms with Crippen molar-refractivity contribution in [1.82, 2.24) is 19.9 Å². The third-order valence-corrected chi connectivity index (χ3v) is 8.00. The summed E-state index contributed by atoms with van der Waals surface area (Å²) in [5.41, 5.74) is 11.5. The van der Waals surface area contributed by atoms with Crippen molar-refractivity contribution in [3.8, 4) is 35.0 Å². The maximum absolute atomic E-state index is 12.8. The number of nitro groups is 2. The van der Waals surface area contributed by atoms with Gasteiger partial charge in [-0.3, -0.25) is 30.4 Å². The Morgan fingerprint density at radius 2 is 1.14 bits per heavy atom. The van der Waals surface area contributed by atoms with Crippen LogP contribution >= 0.6 is 11.6 Å². The number of rotatable bonds is 23. The summed E-state index contributed by atoms with van der Waals surface area (Å²) in [6, 6.07) is 10.1. The predicted molar refractivity (Wildman–Crippen MR) is 279 cm³/mol. The molecular formula is C43H56ClK5N10O14. The topological polar surface area (TPSA) is 313 Å². The molecule has 0 aliphatic heterocycles. The van der Waals surface area contributed by atoms with E-state index in [-0.39, 0.29) is 118 Å². The number of nitrogen functional groups attached to an aromatic ring is 2. The van der Waals surface area contributed by atoms with Gasteiger partial charge in [0.15, 0.2) is 23.0 Å². The van der Waals surface area contributed by atoms with Gasteiger partial charge < -0.3 is 50.8 Å². The SMILES string of the molecule is C.C=CCOc1cc(CCl)ccc1OC.C=CCOc1nc(N)c([N+](=O)[O-])c(N(Cc2ccc(OC)c(OCC=C)c2)C(=O)OCC)n1.C=CCOc1nc(N)c([N+](=O)[O-])c(NC(=O)OCC)n1.[H-].[K+].[K][K].[K][K]. The molecule has 2 aromatic heterocycles. The van der Waals surface area contributed by atoms with Crippen LogP contribution in [0.4, 0.5) is 44.2 Å². The monoisotopic (exact) mass is 1170 g/mol. The molecule has 24 nitrogen and oxygen atoms in total.